The van der Waals surface area contributed by atoms with Gasteiger partial charge in [-0.15, -0.1) is 0 Å². The van der Waals surface area contributed by atoms with E-state index in [0.29, 0.717) is 0 Å². The van der Waals surface area contributed by atoms with Gasteiger partial charge >= 0.3 is 0 Å². The van der Waals surface area contributed by atoms with Crippen LogP contribution in [0.15, 0.2) is 42.6 Å². The molecule has 0 aliphatic carbocycles. The molecule has 0 aliphatic heterocycles. The first-order valence-corrected chi connectivity index (χ1v) is 7.59. The highest BCUT2D eigenvalue weighted by Gasteiger charge is 2.07. The van der Waals surface area contributed by atoms with E-state index >= 15 is 0 Å². The van der Waals surface area contributed by atoms with Crippen molar-refractivity contribution in [2.75, 3.05) is 13.1 Å². The van der Waals surface area contributed by atoms with Crippen LogP contribution in [-0.2, 0) is 19.6 Å². The van der Waals surface area contributed by atoms with E-state index in [9.17, 15) is 0 Å². The molecule has 0 radical (unpaired) electrons. The smallest absolute Gasteiger partial charge is 0.0548 e. The van der Waals surface area contributed by atoms with E-state index in [1.807, 2.05) is 18.3 Å². The number of pyridine rings is 2. The summed E-state index contributed by atoms with van der Waals surface area (Å²) in [5, 5.41) is 3.31. The van der Waals surface area contributed by atoms with Gasteiger partial charge in [0.05, 0.1) is 17.1 Å². The number of rotatable bonds is 8. The van der Waals surface area contributed by atoms with Gasteiger partial charge in [0, 0.05) is 25.8 Å². The van der Waals surface area contributed by atoms with Crippen LogP contribution in [0, 0.1) is 0 Å². The second-order valence-electron chi connectivity index (χ2n) is 5.02. The van der Waals surface area contributed by atoms with Crippen LogP contribution in [0.3, 0.4) is 0 Å². The van der Waals surface area contributed by atoms with Gasteiger partial charge in [-0.2, -0.15) is 0 Å². The van der Waals surface area contributed by atoms with E-state index in [1.165, 1.54) is 0 Å². The summed E-state index contributed by atoms with van der Waals surface area (Å²) in [7, 11) is 0. The SMILES string of the molecule is CCNCc1cccc(CN(CC)Cc2ccccn2)n1. The van der Waals surface area contributed by atoms with Crippen LogP contribution in [0.1, 0.15) is 30.9 Å². The monoisotopic (exact) mass is 284 g/mol. The molecule has 0 aliphatic rings. The molecule has 1 N–H and O–H groups in total. The summed E-state index contributed by atoms with van der Waals surface area (Å²) in [5.74, 6) is 0. The third kappa shape index (κ3) is 5.25. The molecule has 0 fully saturated rings. The minimum Gasteiger partial charge on any atom is -0.311 e. The maximum Gasteiger partial charge on any atom is 0.0548 e. The molecule has 0 unspecified atom stereocenters. The lowest BCUT2D eigenvalue weighted by atomic mass is 10.2. The molecule has 0 amide bonds. The molecular weight excluding hydrogens is 260 g/mol. The van der Waals surface area contributed by atoms with Crippen LogP contribution in [0.4, 0.5) is 0 Å². The summed E-state index contributed by atoms with van der Waals surface area (Å²) in [4.78, 5) is 11.5. The number of hydrogen-bond acceptors (Lipinski definition) is 4. The fraction of sp³-hybridized carbons (Fsp3) is 0.412. The lowest BCUT2D eigenvalue weighted by Crippen LogP contribution is -2.23. The highest BCUT2D eigenvalue weighted by molar-refractivity contribution is 5.11. The molecule has 2 heterocycles. The molecule has 2 aromatic heterocycles. The van der Waals surface area contributed by atoms with E-state index in [4.69, 9.17) is 4.98 Å². The van der Waals surface area contributed by atoms with Crippen LogP contribution >= 0.6 is 0 Å². The molecule has 4 heteroatoms. The Hall–Kier alpha value is -1.78. The van der Waals surface area contributed by atoms with Gasteiger partial charge in [0.1, 0.15) is 0 Å². The van der Waals surface area contributed by atoms with Crippen molar-refractivity contribution < 1.29 is 0 Å². The number of aromatic nitrogens is 2. The Labute approximate surface area is 127 Å². The van der Waals surface area contributed by atoms with Gasteiger partial charge in [-0.1, -0.05) is 26.0 Å². The minimum atomic E-state index is 0.830. The summed E-state index contributed by atoms with van der Waals surface area (Å²) < 4.78 is 0. The second-order valence-corrected chi connectivity index (χ2v) is 5.02. The minimum absolute atomic E-state index is 0.830. The van der Waals surface area contributed by atoms with Crippen LogP contribution in [-0.4, -0.2) is 28.0 Å². The first-order valence-electron chi connectivity index (χ1n) is 7.59. The Bertz CT molecular complexity index is 527. The quantitative estimate of drug-likeness (QED) is 0.809. The first kappa shape index (κ1) is 15.6. The van der Waals surface area contributed by atoms with Gasteiger partial charge in [-0.05, 0) is 37.4 Å². The lowest BCUT2D eigenvalue weighted by Gasteiger charge is -2.19. The highest BCUT2D eigenvalue weighted by atomic mass is 15.1. The maximum absolute atomic E-state index is 4.72. The van der Waals surface area contributed by atoms with Crippen LogP contribution < -0.4 is 5.32 Å². The van der Waals surface area contributed by atoms with Crippen molar-refractivity contribution in [1.82, 2.24) is 20.2 Å². The number of nitrogens with zero attached hydrogens (tertiary/aromatic N) is 3. The summed E-state index contributed by atoms with van der Waals surface area (Å²) in [6.45, 7) is 8.77. The standard InChI is InChI=1S/C17H24N4/c1-3-18-12-15-9-7-10-17(20-15)14-21(4-2)13-16-8-5-6-11-19-16/h5-11,18H,3-4,12-14H2,1-2H3. The average molecular weight is 284 g/mol. The Kier molecular flexibility index (Phi) is 6.31. The topological polar surface area (TPSA) is 41.0 Å². The van der Waals surface area contributed by atoms with Gasteiger partial charge in [0.2, 0.25) is 0 Å². The molecule has 0 aromatic carbocycles. The van der Waals surface area contributed by atoms with E-state index in [1.54, 1.807) is 0 Å². The Morgan fingerprint density at radius 2 is 1.71 bits per heavy atom. The predicted octanol–water partition coefficient (Wildman–Crippen LogP) is 2.61. The number of hydrogen-bond donors (Lipinski definition) is 1. The van der Waals surface area contributed by atoms with E-state index in [-0.39, 0.29) is 0 Å². The van der Waals surface area contributed by atoms with E-state index in [2.05, 4.69) is 53.3 Å². The van der Waals surface area contributed by atoms with E-state index in [0.717, 1.165) is 49.8 Å². The second kappa shape index (κ2) is 8.49. The summed E-state index contributed by atoms with van der Waals surface area (Å²) >= 11 is 0. The normalized spacial score (nSPS) is 11.0. The van der Waals surface area contributed by atoms with Crippen molar-refractivity contribution in [1.29, 1.82) is 0 Å². The molecule has 21 heavy (non-hydrogen) atoms. The van der Waals surface area contributed by atoms with Gasteiger partial charge in [0.15, 0.2) is 0 Å². The fourth-order valence-corrected chi connectivity index (χ4v) is 2.20. The van der Waals surface area contributed by atoms with Gasteiger partial charge < -0.3 is 5.32 Å². The Balaban J connectivity index is 1.98. The molecule has 0 spiro atoms. The van der Waals surface area contributed by atoms with Gasteiger partial charge in [-0.25, -0.2) is 0 Å². The lowest BCUT2D eigenvalue weighted by molar-refractivity contribution is 0.264. The predicted molar refractivity (Wildman–Crippen MR) is 85.6 cm³/mol. The molecule has 2 aromatic rings. The third-order valence-electron chi connectivity index (χ3n) is 3.37. The molecule has 4 nitrogen and oxygen atoms in total. The first-order chi connectivity index (χ1) is 10.3. The Morgan fingerprint density at radius 3 is 2.43 bits per heavy atom. The molecule has 0 saturated carbocycles. The molecule has 2 rings (SSSR count). The zero-order valence-electron chi connectivity index (χ0n) is 12.9. The summed E-state index contributed by atoms with van der Waals surface area (Å²) in [6, 6.07) is 12.3. The van der Waals surface area contributed by atoms with Crippen molar-refractivity contribution in [2.45, 2.75) is 33.5 Å². The van der Waals surface area contributed by atoms with Crippen LogP contribution in [0.25, 0.3) is 0 Å². The highest BCUT2D eigenvalue weighted by Crippen LogP contribution is 2.07. The van der Waals surface area contributed by atoms with Crippen LogP contribution in [0.5, 0.6) is 0 Å². The van der Waals surface area contributed by atoms with Crippen molar-refractivity contribution in [3.63, 3.8) is 0 Å². The van der Waals surface area contributed by atoms with Crippen LogP contribution in [0.2, 0.25) is 0 Å². The molecular formula is C17H24N4. The molecule has 112 valence electrons. The summed E-state index contributed by atoms with van der Waals surface area (Å²) in [6.07, 6.45) is 1.85. The van der Waals surface area contributed by atoms with Crippen molar-refractivity contribution >= 4 is 0 Å². The maximum atomic E-state index is 4.72. The van der Waals surface area contributed by atoms with Gasteiger partial charge in [0.25, 0.3) is 0 Å². The Morgan fingerprint density at radius 1 is 0.952 bits per heavy atom. The van der Waals surface area contributed by atoms with Crippen molar-refractivity contribution in [3.05, 3.63) is 59.7 Å². The van der Waals surface area contributed by atoms with E-state index < -0.39 is 0 Å². The fourth-order valence-electron chi connectivity index (χ4n) is 2.20. The number of nitrogens with one attached hydrogen (secondary N) is 1. The summed E-state index contributed by atoms with van der Waals surface area (Å²) in [5.41, 5.74) is 3.31. The van der Waals surface area contributed by atoms with Crippen molar-refractivity contribution in [2.24, 2.45) is 0 Å². The molecule has 0 saturated heterocycles. The molecule has 0 bridgehead atoms. The average Bonchev–Trinajstić information content (AvgIpc) is 2.53. The zero-order valence-corrected chi connectivity index (χ0v) is 12.9. The zero-order chi connectivity index (χ0) is 14.9. The van der Waals surface area contributed by atoms with Crippen molar-refractivity contribution in [3.8, 4) is 0 Å². The third-order valence-corrected chi connectivity index (χ3v) is 3.37. The molecule has 0 atom stereocenters. The van der Waals surface area contributed by atoms with Gasteiger partial charge in [-0.3, -0.25) is 14.9 Å². The largest absolute Gasteiger partial charge is 0.311 e.